The van der Waals surface area contributed by atoms with E-state index in [4.69, 9.17) is 0 Å². The van der Waals surface area contributed by atoms with Gasteiger partial charge < -0.3 is 0 Å². The zero-order valence-electron chi connectivity index (χ0n) is 8.65. The lowest BCUT2D eigenvalue weighted by molar-refractivity contribution is 0.149. The first-order valence-corrected chi connectivity index (χ1v) is 5.98. The van der Waals surface area contributed by atoms with Crippen LogP contribution in [0.1, 0.15) is 49.9 Å². The minimum atomic E-state index is 0.0169. The molecule has 2 atom stereocenters. The molecule has 0 aromatic carbocycles. The van der Waals surface area contributed by atoms with Crippen LogP contribution >= 0.6 is 0 Å². The van der Waals surface area contributed by atoms with E-state index >= 15 is 0 Å². The maximum Gasteiger partial charge on any atom is 0.343 e. The Morgan fingerprint density at radius 2 is 1.87 bits per heavy atom. The number of aromatic amines is 1. The molecule has 80 valence electrons. The largest absolute Gasteiger partial charge is 0.343 e. The molecule has 2 saturated carbocycles. The monoisotopic (exact) mass is 205 g/mol. The van der Waals surface area contributed by atoms with E-state index in [2.05, 4.69) is 10.2 Å². The Morgan fingerprint density at radius 1 is 1.13 bits per heavy atom. The van der Waals surface area contributed by atoms with Crippen molar-refractivity contribution in [3.05, 3.63) is 16.3 Å². The third kappa shape index (κ3) is 0.971. The molecule has 0 amide bonds. The van der Waals surface area contributed by atoms with E-state index in [1.165, 1.54) is 32.1 Å². The van der Waals surface area contributed by atoms with Gasteiger partial charge in [0, 0.05) is 12.0 Å². The van der Waals surface area contributed by atoms with Gasteiger partial charge in [-0.15, -0.1) is 0 Å². The van der Waals surface area contributed by atoms with Crippen LogP contribution in [0, 0.1) is 11.8 Å². The Hall–Kier alpha value is -1.06. The van der Waals surface area contributed by atoms with Gasteiger partial charge in [0.25, 0.3) is 0 Å². The van der Waals surface area contributed by atoms with E-state index in [9.17, 15) is 4.79 Å². The third-order valence-electron chi connectivity index (χ3n) is 4.58. The van der Waals surface area contributed by atoms with Crippen molar-refractivity contribution in [1.82, 2.24) is 14.8 Å². The molecule has 1 aromatic rings. The van der Waals surface area contributed by atoms with Gasteiger partial charge in [-0.25, -0.2) is 9.89 Å². The zero-order chi connectivity index (χ0) is 9.99. The number of aromatic nitrogens is 3. The maximum absolute atomic E-state index is 11.7. The highest BCUT2D eigenvalue weighted by Gasteiger charge is 2.43. The quantitative estimate of drug-likeness (QED) is 0.696. The predicted octanol–water partition coefficient (Wildman–Crippen LogP) is 1.42. The molecule has 0 spiro atoms. The summed E-state index contributed by atoms with van der Waals surface area (Å²) in [5, 5.41) is 6.86. The van der Waals surface area contributed by atoms with Gasteiger partial charge in [0.05, 0.1) is 0 Å². The SMILES string of the molecule is O=c1[nH]nc2n1C1CC3CC(CC2C3)C1. The molecular formula is C11H15N3O. The molecule has 2 aliphatic carbocycles. The fourth-order valence-electron chi connectivity index (χ4n) is 4.19. The van der Waals surface area contributed by atoms with E-state index < -0.39 is 0 Å². The smallest absolute Gasteiger partial charge is 0.276 e. The average Bonchev–Trinajstić information content (AvgIpc) is 2.50. The van der Waals surface area contributed by atoms with Crippen molar-refractivity contribution in [2.45, 2.75) is 44.1 Å². The summed E-state index contributed by atoms with van der Waals surface area (Å²) in [5.41, 5.74) is 0.0169. The van der Waals surface area contributed by atoms with Gasteiger partial charge >= 0.3 is 5.69 Å². The average molecular weight is 205 g/mol. The van der Waals surface area contributed by atoms with Gasteiger partial charge in [-0.2, -0.15) is 5.10 Å². The van der Waals surface area contributed by atoms with Gasteiger partial charge in [-0.05, 0) is 43.9 Å². The van der Waals surface area contributed by atoms with Crippen LogP contribution in [-0.4, -0.2) is 14.8 Å². The molecule has 3 heterocycles. The fourth-order valence-corrected chi connectivity index (χ4v) is 4.19. The van der Waals surface area contributed by atoms with Crippen LogP contribution in [0.15, 0.2) is 4.79 Å². The van der Waals surface area contributed by atoms with Gasteiger partial charge in [0.15, 0.2) is 0 Å². The Kier molecular flexibility index (Phi) is 1.38. The summed E-state index contributed by atoms with van der Waals surface area (Å²) in [6.07, 6.45) is 6.34. The van der Waals surface area contributed by atoms with Gasteiger partial charge in [-0.1, -0.05) is 0 Å². The molecule has 5 rings (SSSR count). The molecule has 1 aromatic heterocycles. The molecule has 2 fully saturated rings. The number of hydrogen-bond donors (Lipinski definition) is 1. The first kappa shape index (κ1) is 8.13. The van der Waals surface area contributed by atoms with Gasteiger partial charge in [-0.3, -0.25) is 4.57 Å². The first-order chi connectivity index (χ1) is 7.31. The molecule has 4 bridgehead atoms. The van der Waals surface area contributed by atoms with Crippen molar-refractivity contribution in [2.24, 2.45) is 11.8 Å². The van der Waals surface area contributed by atoms with Crippen LogP contribution in [0.4, 0.5) is 0 Å². The molecule has 4 aliphatic rings. The molecule has 2 aliphatic heterocycles. The lowest BCUT2D eigenvalue weighted by Gasteiger charge is -2.37. The van der Waals surface area contributed by atoms with Gasteiger partial charge in [0.1, 0.15) is 5.82 Å². The van der Waals surface area contributed by atoms with Gasteiger partial charge in [0.2, 0.25) is 0 Å². The summed E-state index contributed by atoms with van der Waals surface area (Å²) >= 11 is 0. The maximum atomic E-state index is 11.7. The molecule has 2 unspecified atom stereocenters. The van der Waals surface area contributed by atoms with Crippen LogP contribution in [0.5, 0.6) is 0 Å². The molecule has 0 saturated heterocycles. The lowest BCUT2D eigenvalue weighted by Crippen LogP contribution is -2.29. The Balaban J connectivity index is 1.95. The summed E-state index contributed by atoms with van der Waals surface area (Å²) in [5.74, 6) is 3.32. The summed E-state index contributed by atoms with van der Waals surface area (Å²) in [7, 11) is 0. The summed E-state index contributed by atoms with van der Waals surface area (Å²) in [6, 6.07) is 0.447. The second-order valence-electron chi connectivity index (χ2n) is 5.52. The highest BCUT2D eigenvalue weighted by atomic mass is 16.1. The molecular weight excluding hydrogens is 190 g/mol. The van der Waals surface area contributed by atoms with E-state index in [0.29, 0.717) is 12.0 Å². The Bertz CT molecular complexity index is 447. The number of nitrogens with zero attached hydrogens (tertiary/aromatic N) is 2. The van der Waals surface area contributed by atoms with E-state index in [1.54, 1.807) is 0 Å². The standard InChI is InChI=1S/C11H15N3O/c15-11-13-12-10-8-2-6-1-7(3-8)5-9(4-6)14(10)11/h6-9H,1-5H2,(H,13,15). The second kappa shape index (κ2) is 2.54. The minimum Gasteiger partial charge on any atom is -0.276 e. The van der Waals surface area contributed by atoms with E-state index in [-0.39, 0.29) is 5.69 Å². The van der Waals surface area contributed by atoms with Crippen LogP contribution in [0.25, 0.3) is 0 Å². The summed E-state index contributed by atoms with van der Waals surface area (Å²) in [6.45, 7) is 0. The fraction of sp³-hybridized carbons (Fsp3) is 0.818. The van der Waals surface area contributed by atoms with E-state index in [1.807, 2.05) is 4.57 Å². The summed E-state index contributed by atoms with van der Waals surface area (Å²) < 4.78 is 1.96. The second-order valence-corrected chi connectivity index (χ2v) is 5.52. The number of nitrogens with one attached hydrogen (secondary N) is 1. The topological polar surface area (TPSA) is 50.7 Å². The van der Waals surface area contributed by atoms with Crippen molar-refractivity contribution in [2.75, 3.05) is 0 Å². The van der Waals surface area contributed by atoms with Crippen molar-refractivity contribution in [1.29, 1.82) is 0 Å². The highest BCUT2D eigenvalue weighted by Crippen LogP contribution is 2.52. The first-order valence-electron chi connectivity index (χ1n) is 5.98. The lowest BCUT2D eigenvalue weighted by atomic mass is 9.68. The molecule has 4 heteroatoms. The predicted molar refractivity (Wildman–Crippen MR) is 54.7 cm³/mol. The Labute approximate surface area is 87.7 Å². The number of rotatable bonds is 0. The molecule has 4 nitrogen and oxygen atoms in total. The van der Waals surface area contributed by atoms with Crippen LogP contribution in [0.2, 0.25) is 0 Å². The van der Waals surface area contributed by atoms with Crippen molar-refractivity contribution in [3.8, 4) is 0 Å². The highest BCUT2D eigenvalue weighted by molar-refractivity contribution is 5.09. The Morgan fingerprint density at radius 3 is 2.60 bits per heavy atom. The minimum absolute atomic E-state index is 0.0169. The van der Waals surface area contributed by atoms with Crippen LogP contribution in [-0.2, 0) is 0 Å². The third-order valence-corrected chi connectivity index (χ3v) is 4.58. The number of hydrogen-bond acceptors (Lipinski definition) is 2. The summed E-state index contributed by atoms with van der Waals surface area (Å²) in [4.78, 5) is 11.7. The normalized spacial score (nSPS) is 41.6. The zero-order valence-corrected chi connectivity index (χ0v) is 8.65. The van der Waals surface area contributed by atoms with Crippen molar-refractivity contribution in [3.63, 3.8) is 0 Å². The molecule has 1 N–H and O–H groups in total. The molecule has 15 heavy (non-hydrogen) atoms. The van der Waals surface area contributed by atoms with Crippen LogP contribution in [0.3, 0.4) is 0 Å². The molecule has 0 radical (unpaired) electrons. The number of H-pyrrole nitrogens is 1. The van der Waals surface area contributed by atoms with Crippen molar-refractivity contribution >= 4 is 0 Å². The van der Waals surface area contributed by atoms with E-state index in [0.717, 1.165) is 17.7 Å². The van der Waals surface area contributed by atoms with Crippen molar-refractivity contribution < 1.29 is 0 Å². The van der Waals surface area contributed by atoms with Crippen LogP contribution < -0.4 is 5.69 Å².